The van der Waals surface area contributed by atoms with Crippen LogP contribution >= 0.6 is 0 Å². The predicted octanol–water partition coefficient (Wildman–Crippen LogP) is 3.09. The van der Waals surface area contributed by atoms with Crippen LogP contribution in [-0.4, -0.2) is 36.8 Å². The van der Waals surface area contributed by atoms with Crippen molar-refractivity contribution in [2.75, 3.05) is 23.0 Å². The molecule has 32 heavy (non-hydrogen) atoms. The lowest BCUT2D eigenvalue weighted by Gasteiger charge is -2.25. The van der Waals surface area contributed by atoms with Crippen LogP contribution in [0.25, 0.3) is 0 Å². The van der Waals surface area contributed by atoms with E-state index in [0.29, 0.717) is 43.0 Å². The summed E-state index contributed by atoms with van der Waals surface area (Å²) in [6.45, 7) is 2.66. The van der Waals surface area contributed by atoms with Crippen LogP contribution < -0.4 is 19.3 Å². The van der Waals surface area contributed by atoms with E-state index in [1.54, 1.807) is 47.4 Å². The molecule has 0 N–H and O–H groups in total. The molecule has 2 aliphatic heterocycles. The fraction of sp³-hybridized carbons (Fsp3) is 0.333. The monoisotopic (exact) mass is 436 g/mol. The van der Waals surface area contributed by atoms with Gasteiger partial charge in [-0.1, -0.05) is 6.07 Å². The summed E-state index contributed by atoms with van der Waals surface area (Å²) in [7, 11) is 0. The molecule has 166 valence electrons. The van der Waals surface area contributed by atoms with Crippen LogP contribution in [0.5, 0.6) is 11.5 Å². The molecule has 0 spiro atoms. The number of hydrogen-bond acceptors (Lipinski definition) is 6. The molecule has 0 radical (unpaired) electrons. The van der Waals surface area contributed by atoms with Gasteiger partial charge in [0, 0.05) is 37.6 Å². The Kier molecular flexibility index (Phi) is 6.20. The number of amides is 3. The molecule has 2 aromatic carbocycles. The third-order valence-corrected chi connectivity index (χ3v) is 5.49. The van der Waals surface area contributed by atoms with Gasteiger partial charge in [0.25, 0.3) is 0 Å². The van der Waals surface area contributed by atoms with Gasteiger partial charge in [0.05, 0.1) is 18.2 Å². The van der Waals surface area contributed by atoms with Gasteiger partial charge in [-0.05, 0) is 49.7 Å². The summed E-state index contributed by atoms with van der Waals surface area (Å²) in [5.74, 6) is -0.894. The lowest BCUT2D eigenvalue weighted by Crippen LogP contribution is -2.40. The molecule has 0 aliphatic carbocycles. The zero-order chi connectivity index (χ0) is 22.7. The smallest absolute Gasteiger partial charge is 0.316 e. The van der Waals surface area contributed by atoms with Crippen molar-refractivity contribution in [2.45, 2.75) is 32.6 Å². The first-order valence-corrected chi connectivity index (χ1v) is 10.7. The van der Waals surface area contributed by atoms with Gasteiger partial charge >= 0.3 is 5.97 Å². The number of piperidine rings is 1. The summed E-state index contributed by atoms with van der Waals surface area (Å²) in [5.41, 5.74) is 1.07. The van der Waals surface area contributed by atoms with Crippen LogP contribution in [-0.2, 0) is 19.2 Å². The second-order valence-corrected chi connectivity index (χ2v) is 7.73. The van der Waals surface area contributed by atoms with E-state index in [1.807, 2.05) is 6.92 Å². The van der Waals surface area contributed by atoms with E-state index < -0.39 is 11.9 Å². The van der Waals surface area contributed by atoms with Gasteiger partial charge in [-0.15, -0.1) is 0 Å². The third kappa shape index (κ3) is 4.49. The van der Waals surface area contributed by atoms with E-state index in [2.05, 4.69) is 0 Å². The normalized spacial score (nSPS) is 18.8. The zero-order valence-corrected chi connectivity index (χ0v) is 17.8. The molecule has 2 aromatic rings. The van der Waals surface area contributed by atoms with E-state index in [4.69, 9.17) is 9.47 Å². The first-order chi connectivity index (χ1) is 15.5. The average molecular weight is 436 g/mol. The highest BCUT2D eigenvalue weighted by molar-refractivity contribution is 6.16. The number of hydrogen-bond donors (Lipinski definition) is 0. The number of anilines is 2. The molecule has 1 atom stereocenters. The number of carbonyl (C=O) groups excluding carboxylic acids is 4. The highest BCUT2D eigenvalue weighted by atomic mass is 16.5. The van der Waals surface area contributed by atoms with Gasteiger partial charge < -0.3 is 14.4 Å². The lowest BCUT2D eigenvalue weighted by molar-refractivity contribution is -0.139. The lowest BCUT2D eigenvalue weighted by atomic mass is 10.1. The fourth-order valence-electron chi connectivity index (χ4n) is 3.93. The Balaban J connectivity index is 1.43. The van der Waals surface area contributed by atoms with Gasteiger partial charge in [0.15, 0.2) is 0 Å². The Morgan fingerprint density at radius 3 is 2.34 bits per heavy atom. The van der Waals surface area contributed by atoms with Gasteiger partial charge in [-0.25, -0.2) is 0 Å². The maximum absolute atomic E-state index is 12.7. The number of imide groups is 1. The summed E-state index contributed by atoms with van der Waals surface area (Å²) in [4.78, 5) is 52.2. The maximum Gasteiger partial charge on any atom is 0.316 e. The van der Waals surface area contributed by atoms with Gasteiger partial charge in [-0.2, -0.15) is 0 Å². The first kappa shape index (κ1) is 21.5. The summed E-state index contributed by atoms with van der Waals surface area (Å²) in [5, 5.41) is 0. The summed E-state index contributed by atoms with van der Waals surface area (Å²) in [6.07, 6.45) is 1.21. The molecule has 0 bridgehead atoms. The van der Waals surface area contributed by atoms with Crippen LogP contribution in [0.3, 0.4) is 0 Å². The van der Waals surface area contributed by atoms with Crippen LogP contribution in [0.2, 0.25) is 0 Å². The summed E-state index contributed by atoms with van der Waals surface area (Å²) < 4.78 is 10.9. The topological polar surface area (TPSA) is 93.2 Å². The van der Waals surface area contributed by atoms with Crippen molar-refractivity contribution in [2.24, 2.45) is 5.92 Å². The highest BCUT2D eigenvalue weighted by Gasteiger charge is 2.36. The largest absolute Gasteiger partial charge is 0.494 e. The minimum absolute atomic E-state index is 0.0504. The second kappa shape index (κ2) is 9.21. The number of esters is 1. The van der Waals surface area contributed by atoms with Crippen LogP contribution in [0, 0.1) is 5.92 Å². The number of nitrogens with zero attached hydrogens (tertiary/aromatic N) is 2. The minimum Gasteiger partial charge on any atom is -0.494 e. The SMILES string of the molecule is CCOc1ccc(N2C[C@@H](C(=O)Oc3cccc(N4C(=O)CCCC4=O)c3)CC2=O)cc1. The Labute approximate surface area is 185 Å². The molecule has 8 heteroatoms. The first-order valence-electron chi connectivity index (χ1n) is 10.7. The molecule has 0 saturated carbocycles. The van der Waals surface area contributed by atoms with Crippen molar-refractivity contribution < 1.29 is 28.7 Å². The number of carbonyl (C=O) groups is 4. The Morgan fingerprint density at radius 2 is 1.66 bits per heavy atom. The number of benzene rings is 2. The molecule has 8 nitrogen and oxygen atoms in total. The Morgan fingerprint density at radius 1 is 0.938 bits per heavy atom. The quantitative estimate of drug-likeness (QED) is 0.393. The molecule has 3 amide bonds. The van der Waals surface area contributed by atoms with Crippen molar-refractivity contribution in [1.29, 1.82) is 0 Å². The van der Waals surface area contributed by atoms with Gasteiger partial charge in [0.2, 0.25) is 17.7 Å². The molecule has 2 fully saturated rings. The standard InChI is InChI=1S/C24H24N2O6/c1-2-31-19-11-9-17(10-12-19)25-15-16(13-23(25)29)24(30)32-20-6-3-5-18(14-20)26-21(27)7-4-8-22(26)28/h3,5-6,9-12,14,16H,2,4,7-8,13,15H2,1H3/t16-/m0/s1. The predicted molar refractivity (Wildman–Crippen MR) is 116 cm³/mol. The second-order valence-electron chi connectivity index (χ2n) is 7.73. The molecule has 2 saturated heterocycles. The van der Waals surface area contributed by atoms with Crippen molar-refractivity contribution in [3.05, 3.63) is 48.5 Å². The van der Waals surface area contributed by atoms with Gasteiger partial charge in [-0.3, -0.25) is 24.1 Å². The highest BCUT2D eigenvalue weighted by Crippen LogP contribution is 2.30. The Bertz CT molecular complexity index is 1030. The minimum atomic E-state index is -0.615. The van der Waals surface area contributed by atoms with E-state index in [-0.39, 0.29) is 36.4 Å². The average Bonchev–Trinajstić information content (AvgIpc) is 3.16. The molecule has 0 aromatic heterocycles. The van der Waals surface area contributed by atoms with Crippen molar-refractivity contribution >= 4 is 35.1 Å². The molecule has 2 heterocycles. The molecule has 0 unspecified atom stereocenters. The van der Waals surface area contributed by atoms with Gasteiger partial charge in [0.1, 0.15) is 11.5 Å². The molecule has 2 aliphatic rings. The fourth-order valence-corrected chi connectivity index (χ4v) is 3.93. The van der Waals surface area contributed by atoms with E-state index in [0.717, 1.165) is 4.90 Å². The van der Waals surface area contributed by atoms with Crippen molar-refractivity contribution in [3.63, 3.8) is 0 Å². The molecular formula is C24H24N2O6. The van der Waals surface area contributed by atoms with E-state index >= 15 is 0 Å². The van der Waals surface area contributed by atoms with E-state index in [1.165, 1.54) is 6.07 Å². The van der Waals surface area contributed by atoms with E-state index in [9.17, 15) is 19.2 Å². The number of rotatable bonds is 6. The summed E-state index contributed by atoms with van der Waals surface area (Å²) in [6, 6.07) is 13.5. The Hall–Kier alpha value is -3.68. The number of ether oxygens (including phenoxy) is 2. The van der Waals surface area contributed by atoms with Crippen LogP contribution in [0.4, 0.5) is 11.4 Å². The molecule has 4 rings (SSSR count). The molecular weight excluding hydrogens is 412 g/mol. The maximum atomic E-state index is 12.7. The van der Waals surface area contributed by atoms with Crippen LogP contribution in [0.1, 0.15) is 32.6 Å². The van der Waals surface area contributed by atoms with Crippen molar-refractivity contribution in [1.82, 2.24) is 0 Å². The summed E-state index contributed by atoms with van der Waals surface area (Å²) >= 11 is 0. The third-order valence-electron chi connectivity index (χ3n) is 5.49. The van der Waals surface area contributed by atoms with Crippen LogP contribution in [0.15, 0.2) is 48.5 Å². The zero-order valence-electron chi connectivity index (χ0n) is 17.8. The van der Waals surface area contributed by atoms with Crippen molar-refractivity contribution in [3.8, 4) is 11.5 Å².